The quantitative estimate of drug-likeness (QED) is 0.275. The van der Waals surface area contributed by atoms with E-state index in [4.69, 9.17) is 24.2 Å². The Morgan fingerprint density at radius 1 is 1.00 bits per heavy atom. The van der Waals surface area contributed by atoms with Gasteiger partial charge >= 0.3 is 5.97 Å². The molecule has 0 aliphatic carbocycles. The molecule has 1 aliphatic heterocycles. The smallest absolute Gasteiger partial charge is 0.337 e. The van der Waals surface area contributed by atoms with E-state index in [2.05, 4.69) is 24.3 Å². The molecule has 3 aromatic carbocycles. The summed E-state index contributed by atoms with van der Waals surface area (Å²) in [4.78, 5) is 21.7. The summed E-state index contributed by atoms with van der Waals surface area (Å²) in [6.45, 7) is 1.28. The number of nitrogens with zero attached hydrogens (tertiary/aromatic N) is 4. The fraction of sp³-hybridized carbons (Fsp3) is 0.212. The lowest BCUT2D eigenvalue weighted by Gasteiger charge is -2.16. The van der Waals surface area contributed by atoms with E-state index in [-0.39, 0.29) is 5.97 Å². The second-order valence-electron chi connectivity index (χ2n) is 9.99. The molecule has 0 fully saturated rings. The second-order valence-corrected chi connectivity index (χ2v) is 9.99. The van der Waals surface area contributed by atoms with Gasteiger partial charge in [0.25, 0.3) is 0 Å². The number of rotatable bonds is 3. The van der Waals surface area contributed by atoms with Crippen LogP contribution in [0.2, 0.25) is 0 Å². The highest BCUT2D eigenvalue weighted by Crippen LogP contribution is 2.27. The number of hydrogen-bond donors (Lipinski definition) is 0. The van der Waals surface area contributed by atoms with Gasteiger partial charge in [0, 0.05) is 25.1 Å². The number of carbonyl (C=O) groups excluding carboxylic acids is 1. The monoisotopic (exact) mass is 544 g/mol. The molecule has 8 nitrogen and oxygen atoms in total. The van der Waals surface area contributed by atoms with Gasteiger partial charge in [0.15, 0.2) is 0 Å². The molecule has 0 atom stereocenters. The average Bonchev–Trinajstić information content (AvgIpc) is 3.32. The fourth-order valence-electron chi connectivity index (χ4n) is 5.15. The Morgan fingerprint density at radius 2 is 1.90 bits per heavy atom. The Balaban J connectivity index is 1.35. The SMILES string of the molecule is COC(=O)c1ccc2nc(Cc3ccc4cc3COCCc3cc(C#N)ccc3COc3cccc-4n3)n(C)c2c1. The summed E-state index contributed by atoms with van der Waals surface area (Å²) < 4.78 is 19.2. The minimum Gasteiger partial charge on any atom is -0.473 e. The lowest BCUT2D eigenvalue weighted by Crippen LogP contribution is -2.08. The molecule has 0 amide bonds. The van der Waals surface area contributed by atoms with Crippen LogP contribution in [0.15, 0.2) is 72.8 Å². The molecule has 0 N–H and O–H groups in total. The molecule has 5 aromatic rings. The number of imidazole rings is 1. The molecule has 1 aliphatic rings. The van der Waals surface area contributed by atoms with Crippen molar-refractivity contribution in [2.45, 2.75) is 26.1 Å². The van der Waals surface area contributed by atoms with Gasteiger partial charge in [-0.3, -0.25) is 0 Å². The first-order chi connectivity index (χ1) is 20.0. The summed E-state index contributed by atoms with van der Waals surface area (Å²) in [7, 11) is 3.33. The molecule has 8 heteroatoms. The summed E-state index contributed by atoms with van der Waals surface area (Å²) in [6, 6.07) is 25.3. The van der Waals surface area contributed by atoms with Crippen molar-refractivity contribution in [1.29, 1.82) is 5.26 Å². The highest BCUT2D eigenvalue weighted by Gasteiger charge is 2.16. The standard InChI is InChI=1S/C33H28N4O4/c1-37-30-16-25(33(38)39-2)10-11-29(30)35-31(37)17-22-8-9-24-15-27(22)19-40-13-12-23-14-21(18-34)6-7-26(23)20-41-32-5-3-4-28(24)36-32/h3-11,14-16H,12-13,17,19-20H2,1-2H3. The van der Waals surface area contributed by atoms with E-state index in [9.17, 15) is 10.1 Å². The molecule has 3 heterocycles. The second kappa shape index (κ2) is 11.2. The fourth-order valence-corrected chi connectivity index (χ4v) is 5.15. The highest BCUT2D eigenvalue weighted by atomic mass is 16.5. The van der Waals surface area contributed by atoms with Crippen molar-refractivity contribution >= 4 is 17.0 Å². The van der Waals surface area contributed by atoms with Crippen molar-refractivity contribution in [3.63, 3.8) is 0 Å². The van der Waals surface area contributed by atoms with Crippen LogP contribution in [0.1, 0.15) is 44.0 Å². The van der Waals surface area contributed by atoms with Crippen LogP contribution in [-0.2, 0) is 42.6 Å². The van der Waals surface area contributed by atoms with E-state index in [1.807, 2.05) is 60.1 Å². The molecule has 204 valence electrons. The number of fused-ring (bicyclic) bond motifs is 7. The molecule has 41 heavy (non-hydrogen) atoms. The Bertz CT molecular complexity index is 1820. The zero-order valence-corrected chi connectivity index (χ0v) is 22.9. The highest BCUT2D eigenvalue weighted by molar-refractivity contribution is 5.93. The maximum Gasteiger partial charge on any atom is 0.337 e. The maximum atomic E-state index is 12.1. The van der Waals surface area contributed by atoms with Crippen molar-refractivity contribution in [2.75, 3.05) is 13.7 Å². The summed E-state index contributed by atoms with van der Waals surface area (Å²) >= 11 is 0. The maximum absolute atomic E-state index is 12.1. The number of aryl methyl sites for hydroxylation is 1. The van der Waals surface area contributed by atoms with Gasteiger partial charge in [-0.15, -0.1) is 0 Å². The van der Waals surface area contributed by atoms with Crippen LogP contribution < -0.4 is 4.74 Å². The number of aromatic nitrogens is 3. The third-order valence-electron chi connectivity index (χ3n) is 7.45. The molecule has 0 saturated heterocycles. The van der Waals surface area contributed by atoms with Gasteiger partial charge in [-0.1, -0.05) is 24.3 Å². The van der Waals surface area contributed by atoms with Crippen molar-refractivity contribution in [3.8, 4) is 23.2 Å². The molecular formula is C33H28N4O4. The third-order valence-corrected chi connectivity index (χ3v) is 7.45. The van der Waals surface area contributed by atoms with Gasteiger partial charge in [-0.25, -0.2) is 14.8 Å². The summed E-state index contributed by atoms with van der Waals surface area (Å²) in [5, 5.41) is 9.40. The number of pyridine rings is 1. The van der Waals surface area contributed by atoms with E-state index < -0.39 is 0 Å². The Morgan fingerprint density at radius 3 is 2.76 bits per heavy atom. The van der Waals surface area contributed by atoms with Crippen molar-refractivity contribution < 1.29 is 19.0 Å². The first-order valence-corrected chi connectivity index (χ1v) is 13.4. The topological polar surface area (TPSA) is 99.3 Å². The van der Waals surface area contributed by atoms with Gasteiger partial charge in [-0.2, -0.15) is 5.26 Å². The van der Waals surface area contributed by atoms with E-state index in [1.165, 1.54) is 7.11 Å². The minimum atomic E-state index is -0.376. The molecule has 2 aromatic heterocycles. The van der Waals surface area contributed by atoms with Crippen LogP contribution in [0.4, 0.5) is 0 Å². The normalized spacial score (nSPS) is 13.0. The predicted molar refractivity (Wildman–Crippen MR) is 153 cm³/mol. The summed E-state index contributed by atoms with van der Waals surface area (Å²) in [5.74, 6) is 1.04. The molecule has 4 bridgehead atoms. The first kappa shape index (κ1) is 26.2. The molecule has 0 saturated carbocycles. The predicted octanol–water partition coefficient (Wildman–Crippen LogP) is 5.54. The van der Waals surface area contributed by atoms with E-state index in [1.54, 1.807) is 6.07 Å². The van der Waals surface area contributed by atoms with Gasteiger partial charge in [-0.05, 0) is 71.1 Å². The number of nitriles is 1. The van der Waals surface area contributed by atoms with E-state index in [0.29, 0.717) is 49.7 Å². The van der Waals surface area contributed by atoms with E-state index in [0.717, 1.165) is 50.4 Å². The Hall–Kier alpha value is -5.00. The number of esters is 1. The van der Waals surface area contributed by atoms with Crippen LogP contribution >= 0.6 is 0 Å². The molecule has 0 unspecified atom stereocenters. The van der Waals surface area contributed by atoms with Gasteiger partial charge in [0.2, 0.25) is 5.88 Å². The van der Waals surface area contributed by atoms with Crippen LogP contribution in [0.5, 0.6) is 5.88 Å². The molecule has 6 rings (SSSR count). The molecule has 0 spiro atoms. The van der Waals surface area contributed by atoms with Gasteiger partial charge < -0.3 is 18.8 Å². The third kappa shape index (κ3) is 5.40. The molecule has 0 radical (unpaired) electrons. The largest absolute Gasteiger partial charge is 0.473 e. The lowest BCUT2D eigenvalue weighted by atomic mass is 9.99. The van der Waals surface area contributed by atoms with Gasteiger partial charge in [0.05, 0.1) is 54.2 Å². The Labute approximate surface area is 237 Å². The first-order valence-electron chi connectivity index (χ1n) is 13.4. The van der Waals surface area contributed by atoms with Crippen molar-refractivity contribution in [3.05, 3.63) is 112 Å². The number of carbonyl (C=O) groups is 1. The van der Waals surface area contributed by atoms with Crippen LogP contribution in [0.25, 0.3) is 22.3 Å². The molecular weight excluding hydrogens is 516 g/mol. The van der Waals surface area contributed by atoms with E-state index >= 15 is 0 Å². The van der Waals surface area contributed by atoms with Crippen molar-refractivity contribution in [2.24, 2.45) is 7.05 Å². The number of benzene rings is 3. The minimum absolute atomic E-state index is 0.362. The number of ether oxygens (including phenoxy) is 3. The number of methoxy groups -OCH3 is 1. The van der Waals surface area contributed by atoms with Crippen molar-refractivity contribution in [1.82, 2.24) is 14.5 Å². The number of hydrogen-bond acceptors (Lipinski definition) is 7. The zero-order chi connectivity index (χ0) is 28.3. The Kier molecular flexibility index (Phi) is 7.19. The van der Waals surface area contributed by atoms with Crippen LogP contribution in [0, 0.1) is 11.3 Å². The van der Waals surface area contributed by atoms with Crippen LogP contribution in [0.3, 0.4) is 0 Å². The zero-order valence-electron chi connectivity index (χ0n) is 22.9. The van der Waals surface area contributed by atoms with Gasteiger partial charge in [0.1, 0.15) is 12.4 Å². The summed E-state index contributed by atoms with van der Waals surface area (Å²) in [5.41, 5.74) is 8.73. The lowest BCUT2D eigenvalue weighted by molar-refractivity contribution is 0.0601. The summed E-state index contributed by atoms with van der Waals surface area (Å²) in [6.07, 6.45) is 1.24. The average molecular weight is 545 g/mol. The van der Waals surface area contributed by atoms with Crippen LogP contribution in [-0.4, -0.2) is 34.2 Å².